The number of rotatable bonds is 10. The average molecular weight is 369 g/mol. The normalized spacial score (nSPS) is 17.5. The molecule has 25 heavy (non-hydrogen) atoms. The van der Waals surface area contributed by atoms with Gasteiger partial charge in [0.1, 0.15) is 0 Å². The molecule has 0 bridgehead atoms. The number of hydrogen-bond donors (Lipinski definition) is 3. The summed E-state index contributed by atoms with van der Waals surface area (Å²) < 4.78 is 11.0. The summed E-state index contributed by atoms with van der Waals surface area (Å²) in [6, 6.07) is 3.71. The van der Waals surface area contributed by atoms with Gasteiger partial charge >= 0.3 is 0 Å². The van der Waals surface area contributed by atoms with Crippen molar-refractivity contribution in [3.05, 3.63) is 22.4 Å². The molecule has 1 atom stereocenters. The highest BCUT2D eigenvalue weighted by Crippen LogP contribution is 2.08. The lowest BCUT2D eigenvalue weighted by atomic mass is 10.3. The highest BCUT2D eigenvalue weighted by molar-refractivity contribution is 7.12. The smallest absolute Gasteiger partial charge is 0.261 e. The van der Waals surface area contributed by atoms with Crippen LogP contribution in [0.4, 0.5) is 0 Å². The van der Waals surface area contributed by atoms with Crippen molar-refractivity contribution in [2.24, 2.45) is 4.99 Å². The Bertz CT molecular complexity index is 516. The molecular formula is C17H28N4O3S. The Labute approximate surface area is 153 Å². The molecule has 7 nitrogen and oxygen atoms in total. The van der Waals surface area contributed by atoms with Crippen molar-refractivity contribution < 1.29 is 14.3 Å². The van der Waals surface area contributed by atoms with Crippen molar-refractivity contribution in [3.63, 3.8) is 0 Å². The van der Waals surface area contributed by atoms with E-state index in [0.717, 1.165) is 63.0 Å². The van der Waals surface area contributed by atoms with E-state index in [1.54, 1.807) is 7.05 Å². The van der Waals surface area contributed by atoms with Crippen LogP contribution in [-0.4, -0.2) is 64.5 Å². The third kappa shape index (κ3) is 7.85. The molecule has 0 saturated carbocycles. The number of nitrogens with zero attached hydrogens (tertiary/aromatic N) is 1. The van der Waals surface area contributed by atoms with Crippen molar-refractivity contribution in [3.8, 4) is 0 Å². The molecule has 0 spiro atoms. The fraction of sp³-hybridized carbons (Fsp3) is 0.647. The molecule has 0 aromatic carbocycles. The summed E-state index contributed by atoms with van der Waals surface area (Å²) in [6.45, 7) is 4.46. The van der Waals surface area contributed by atoms with Crippen molar-refractivity contribution in [2.75, 3.05) is 46.5 Å². The second kappa shape index (κ2) is 11.8. The molecule has 140 valence electrons. The maximum Gasteiger partial charge on any atom is 0.261 e. The molecule has 1 aromatic heterocycles. The van der Waals surface area contributed by atoms with Crippen LogP contribution in [0.25, 0.3) is 0 Å². The van der Waals surface area contributed by atoms with E-state index in [2.05, 4.69) is 20.9 Å². The van der Waals surface area contributed by atoms with Crippen LogP contribution in [0.3, 0.4) is 0 Å². The fourth-order valence-electron chi connectivity index (χ4n) is 2.39. The number of aliphatic imine (C=N–C) groups is 1. The van der Waals surface area contributed by atoms with Crippen LogP contribution in [0.1, 0.15) is 28.9 Å². The maximum absolute atomic E-state index is 11.8. The summed E-state index contributed by atoms with van der Waals surface area (Å²) in [5, 5.41) is 11.3. The van der Waals surface area contributed by atoms with Gasteiger partial charge in [0.2, 0.25) is 0 Å². The second-order valence-corrected chi connectivity index (χ2v) is 6.67. The van der Waals surface area contributed by atoms with Gasteiger partial charge in [-0.05, 0) is 30.7 Å². The first-order valence-electron chi connectivity index (χ1n) is 8.75. The summed E-state index contributed by atoms with van der Waals surface area (Å²) in [7, 11) is 1.75. The number of ether oxygens (including phenoxy) is 2. The molecule has 0 radical (unpaired) electrons. The second-order valence-electron chi connectivity index (χ2n) is 5.72. The van der Waals surface area contributed by atoms with Crippen LogP contribution in [0.15, 0.2) is 22.5 Å². The van der Waals surface area contributed by atoms with Crippen molar-refractivity contribution >= 4 is 23.2 Å². The molecule has 1 saturated heterocycles. The standard InChI is InChI=1S/C17H28N4O3S/c1-18-17(21-9-4-10-24-14-6-11-23-13-14)20-8-3-7-19-16(22)15-5-2-12-25-15/h2,5,12,14H,3-4,6-11,13H2,1H3,(H,19,22)(H2,18,20,21). The first-order valence-corrected chi connectivity index (χ1v) is 9.63. The first kappa shape index (κ1) is 19.7. The van der Waals surface area contributed by atoms with Crippen LogP contribution in [0.5, 0.6) is 0 Å². The lowest BCUT2D eigenvalue weighted by molar-refractivity contribution is 0.0420. The molecule has 1 aliphatic heterocycles. The van der Waals surface area contributed by atoms with Crippen LogP contribution < -0.4 is 16.0 Å². The van der Waals surface area contributed by atoms with Gasteiger partial charge in [0.25, 0.3) is 5.91 Å². The molecule has 2 heterocycles. The SMILES string of the molecule is CN=C(NCCCNC(=O)c1cccs1)NCCCOC1CCOC1. The van der Waals surface area contributed by atoms with Gasteiger partial charge in [0.05, 0.1) is 17.6 Å². The quantitative estimate of drug-likeness (QED) is 0.329. The van der Waals surface area contributed by atoms with E-state index in [-0.39, 0.29) is 12.0 Å². The lowest BCUT2D eigenvalue weighted by Gasteiger charge is -2.13. The monoisotopic (exact) mass is 368 g/mol. The van der Waals surface area contributed by atoms with Gasteiger partial charge in [-0.3, -0.25) is 9.79 Å². The van der Waals surface area contributed by atoms with Crippen molar-refractivity contribution in [1.82, 2.24) is 16.0 Å². The molecule has 0 aliphatic carbocycles. The van der Waals surface area contributed by atoms with E-state index in [4.69, 9.17) is 9.47 Å². The molecule has 1 unspecified atom stereocenters. The summed E-state index contributed by atoms with van der Waals surface area (Å²) in [5.74, 6) is 0.763. The van der Waals surface area contributed by atoms with Gasteiger partial charge < -0.3 is 25.4 Å². The Kier molecular flexibility index (Phi) is 9.32. The molecule has 8 heteroatoms. The van der Waals surface area contributed by atoms with E-state index in [1.807, 2.05) is 17.5 Å². The topological polar surface area (TPSA) is 84.0 Å². The third-order valence-electron chi connectivity index (χ3n) is 3.76. The van der Waals surface area contributed by atoms with Crippen LogP contribution in [0, 0.1) is 0 Å². The minimum absolute atomic E-state index is 0.00910. The van der Waals surface area contributed by atoms with Crippen molar-refractivity contribution in [1.29, 1.82) is 0 Å². The Morgan fingerprint density at radius 1 is 1.32 bits per heavy atom. The van der Waals surface area contributed by atoms with E-state index in [9.17, 15) is 4.79 Å². The number of guanidine groups is 1. The minimum atomic E-state index is -0.00910. The van der Waals surface area contributed by atoms with E-state index < -0.39 is 0 Å². The Morgan fingerprint density at radius 2 is 2.12 bits per heavy atom. The Balaban J connectivity index is 1.45. The number of nitrogens with one attached hydrogen (secondary N) is 3. The minimum Gasteiger partial charge on any atom is -0.379 e. The number of thiophene rings is 1. The molecular weight excluding hydrogens is 340 g/mol. The molecule has 2 rings (SSSR count). The maximum atomic E-state index is 11.8. The third-order valence-corrected chi connectivity index (χ3v) is 4.62. The zero-order valence-corrected chi connectivity index (χ0v) is 15.6. The van der Waals surface area contributed by atoms with E-state index >= 15 is 0 Å². The summed E-state index contributed by atoms with van der Waals surface area (Å²) in [4.78, 5) is 16.7. The highest BCUT2D eigenvalue weighted by atomic mass is 32.1. The molecule has 1 aliphatic rings. The summed E-state index contributed by atoms with van der Waals surface area (Å²) >= 11 is 1.45. The predicted octanol–water partition coefficient (Wildman–Crippen LogP) is 1.23. The average Bonchev–Trinajstić information content (AvgIpc) is 3.32. The summed E-state index contributed by atoms with van der Waals surface area (Å²) in [6.07, 6.45) is 3.03. The molecule has 1 aromatic rings. The Hall–Kier alpha value is -1.64. The van der Waals surface area contributed by atoms with Crippen LogP contribution >= 0.6 is 11.3 Å². The van der Waals surface area contributed by atoms with Gasteiger partial charge in [-0.1, -0.05) is 6.07 Å². The number of amides is 1. The zero-order chi connectivity index (χ0) is 17.7. The molecule has 1 fully saturated rings. The van der Waals surface area contributed by atoms with E-state index in [1.165, 1.54) is 11.3 Å². The molecule has 3 N–H and O–H groups in total. The summed E-state index contributed by atoms with van der Waals surface area (Å²) in [5.41, 5.74) is 0. The fourth-order valence-corrected chi connectivity index (χ4v) is 3.03. The highest BCUT2D eigenvalue weighted by Gasteiger charge is 2.15. The van der Waals surface area contributed by atoms with E-state index in [0.29, 0.717) is 6.54 Å². The van der Waals surface area contributed by atoms with Gasteiger partial charge in [-0.25, -0.2) is 0 Å². The lowest BCUT2D eigenvalue weighted by Crippen LogP contribution is -2.39. The van der Waals surface area contributed by atoms with Gasteiger partial charge in [-0.15, -0.1) is 11.3 Å². The largest absolute Gasteiger partial charge is 0.379 e. The Morgan fingerprint density at radius 3 is 2.80 bits per heavy atom. The molecule has 1 amide bonds. The van der Waals surface area contributed by atoms with Gasteiger partial charge in [0.15, 0.2) is 5.96 Å². The number of carbonyl (C=O) groups excluding carboxylic acids is 1. The van der Waals surface area contributed by atoms with Crippen LogP contribution in [0.2, 0.25) is 0 Å². The first-order chi connectivity index (χ1) is 12.3. The predicted molar refractivity (Wildman–Crippen MR) is 100 cm³/mol. The van der Waals surface area contributed by atoms with Gasteiger partial charge in [0, 0.05) is 39.9 Å². The number of hydrogen-bond acceptors (Lipinski definition) is 5. The zero-order valence-electron chi connectivity index (χ0n) is 14.8. The van der Waals surface area contributed by atoms with Crippen LogP contribution in [-0.2, 0) is 9.47 Å². The number of carbonyl (C=O) groups is 1. The van der Waals surface area contributed by atoms with Gasteiger partial charge in [-0.2, -0.15) is 0 Å². The van der Waals surface area contributed by atoms with Crippen molar-refractivity contribution in [2.45, 2.75) is 25.4 Å².